The molecule has 0 spiro atoms. The van der Waals surface area contributed by atoms with E-state index in [0.717, 1.165) is 21.1 Å². The molecule has 0 radical (unpaired) electrons. The van der Waals surface area contributed by atoms with Gasteiger partial charge in [-0.1, -0.05) is 15.9 Å². The Bertz CT molecular complexity index is 889. The fraction of sp³-hybridized carbons (Fsp3) is 0.0769. The predicted octanol–water partition coefficient (Wildman–Crippen LogP) is 1.78. The summed E-state index contributed by atoms with van der Waals surface area (Å²) in [7, 11) is 1.91. The number of hydrogen-bond donors (Lipinski definition) is 1. The molecule has 1 aromatic carbocycles. The van der Waals surface area contributed by atoms with Crippen molar-refractivity contribution in [3.05, 3.63) is 62.0 Å². The van der Waals surface area contributed by atoms with Gasteiger partial charge in [0.2, 0.25) is 0 Å². The fourth-order valence-corrected chi connectivity index (χ4v) is 2.48. The molecule has 0 aliphatic heterocycles. The maximum absolute atomic E-state index is 11.8. The molecule has 6 heteroatoms. The summed E-state index contributed by atoms with van der Waals surface area (Å²) in [6.45, 7) is 0. The van der Waals surface area contributed by atoms with Crippen LogP contribution in [0.2, 0.25) is 0 Å². The summed E-state index contributed by atoms with van der Waals surface area (Å²) < 4.78 is 4.34. The van der Waals surface area contributed by atoms with E-state index in [1.165, 1.54) is 16.8 Å². The highest BCUT2D eigenvalue weighted by Crippen LogP contribution is 2.25. The average molecular weight is 320 g/mol. The predicted molar refractivity (Wildman–Crippen MR) is 76.8 cm³/mol. The van der Waals surface area contributed by atoms with Crippen LogP contribution in [-0.2, 0) is 7.05 Å². The minimum Gasteiger partial charge on any atom is -0.348 e. The van der Waals surface area contributed by atoms with Crippen LogP contribution in [0, 0.1) is 0 Å². The molecule has 5 nitrogen and oxygen atoms in total. The van der Waals surface area contributed by atoms with Gasteiger partial charge in [0.15, 0.2) is 0 Å². The lowest BCUT2D eigenvalue weighted by Crippen LogP contribution is -2.27. The van der Waals surface area contributed by atoms with Gasteiger partial charge in [-0.05, 0) is 18.2 Å². The maximum atomic E-state index is 11.8. The summed E-state index contributed by atoms with van der Waals surface area (Å²) in [6, 6.07) is 7.17. The molecule has 2 aromatic heterocycles. The number of nitrogens with zero attached hydrogens (tertiary/aromatic N) is 2. The molecule has 0 saturated heterocycles. The largest absolute Gasteiger partial charge is 0.348 e. The SMILES string of the molecule is Cn1cc(-n2ccc(=O)[nH]c2=O)c2ccc(Br)cc21. The first-order chi connectivity index (χ1) is 9.06. The zero-order valence-electron chi connectivity index (χ0n) is 10.1. The third-order valence-electron chi connectivity index (χ3n) is 3.02. The molecule has 96 valence electrons. The highest BCUT2D eigenvalue weighted by Gasteiger charge is 2.10. The van der Waals surface area contributed by atoms with E-state index in [0.29, 0.717) is 0 Å². The Hall–Kier alpha value is -2.08. The maximum Gasteiger partial charge on any atom is 0.332 e. The Morgan fingerprint density at radius 3 is 2.74 bits per heavy atom. The zero-order valence-corrected chi connectivity index (χ0v) is 11.6. The van der Waals surface area contributed by atoms with Crippen molar-refractivity contribution < 1.29 is 0 Å². The lowest BCUT2D eigenvalue weighted by atomic mass is 10.2. The van der Waals surface area contributed by atoms with E-state index < -0.39 is 11.2 Å². The van der Waals surface area contributed by atoms with Crippen molar-refractivity contribution in [1.29, 1.82) is 0 Å². The summed E-state index contributed by atoms with van der Waals surface area (Å²) in [5.74, 6) is 0. The van der Waals surface area contributed by atoms with Gasteiger partial charge in [-0.15, -0.1) is 0 Å². The van der Waals surface area contributed by atoms with Crippen molar-refractivity contribution in [2.75, 3.05) is 0 Å². The van der Waals surface area contributed by atoms with Gasteiger partial charge < -0.3 is 4.57 Å². The molecule has 0 aliphatic rings. The second kappa shape index (κ2) is 4.24. The van der Waals surface area contributed by atoms with Crippen LogP contribution in [-0.4, -0.2) is 14.1 Å². The van der Waals surface area contributed by atoms with Crippen molar-refractivity contribution in [3.63, 3.8) is 0 Å². The van der Waals surface area contributed by atoms with Crippen LogP contribution >= 0.6 is 15.9 Å². The van der Waals surface area contributed by atoms with Crippen molar-refractivity contribution in [3.8, 4) is 5.69 Å². The molecule has 0 saturated carbocycles. The Kier molecular flexibility index (Phi) is 2.67. The van der Waals surface area contributed by atoms with Crippen LogP contribution in [0.4, 0.5) is 0 Å². The van der Waals surface area contributed by atoms with Gasteiger partial charge in [0, 0.05) is 35.4 Å². The van der Waals surface area contributed by atoms with Crippen LogP contribution in [0.1, 0.15) is 0 Å². The van der Waals surface area contributed by atoms with E-state index >= 15 is 0 Å². The van der Waals surface area contributed by atoms with Crippen LogP contribution in [0.25, 0.3) is 16.6 Å². The third kappa shape index (κ3) is 1.94. The number of H-pyrrole nitrogens is 1. The molecule has 0 bridgehead atoms. The Morgan fingerprint density at radius 1 is 1.21 bits per heavy atom. The molecular weight excluding hydrogens is 310 g/mol. The number of aromatic nitrogens is 3. The number of nitrogens with one attached hydrogen (secondary N) is 1. The fourth-order valence-electron chi connectivity index (χ4n) is 2.13. The lowest BCUT2D eigenvalue weighted by molar-refractivity contribution is 0.886. The quantitative estimate of drug-likeness (QED) is 0.743. The summed E-state index contributed by atoms with van der Waals surface area (Å²) in [6.07, 6.45) is 3.34. The van der Waals surface area contributed by atoms with Gasteiger partial charge in [-0.3, -0.25) is 14.3 Å². The van der Waals surface area contributed by atoms with Gasteiger partial charge >= 0.3 is 5.69 Å². The second-order valence-electron chi connectivity index (χ2n) is 4.27. The number of rotatable bonds is 1. The van der Waals surface area contributed by atoms with Crippen molar-refractivity contribution in [2.24, 2.45) is 7.05 Å². The van der Waals surface area contributed by atoms with Crippen molar-refractivity contribution in [1.82, 2.24) is 14.1 Å². The van der Waals surface area contributed by atoms with Crippen LogP contribution in [0.15, 0.2) is 50.7 Å². The minimum atomic E-state index is -0.442. The molecule has 0 fully saturated rings. The molecule has 1 N–H and O–H groups in total. The van der Waals surface area contributed by atoms with E-state index in [-0.39, 0.29) is 0 Å². The minimum absolute atomic E-state index is 0.399. The molecule has 2 heterocycles. The molecule has 0 aliphatic carbocycles. The Labute approximate surface area is 116 Å². The smallest absolute Gasteiger partial charge is 0.332 e. The first-order valence-electron chi connectivity index (χ1n) is 5.63. The van der Waals surface area contributed by atoms with Crippen LogP contribution in [0.5, 0.6) is 0 Å². The van der Waals surface area contributed by atoms with Gasteiger partial charge in [-0.2, -0.15) is 0 Å². The van der Waals surface area contributed by atoms with Crippen molar-refractivity contribution in [2.45, 2.75) is 0 Å². The van der Waals surface area contributed by atoms with Crippen molar-refractivity contribution >= 4 is 26.8 Å². The molecule has 0 atom stereocenters. The van der Waals surface area contributed by atoms with E-state index in [4.69, 9.17) is 0 Å². The molecule has 3 aromatic rings. The number of hydrogen-bond acceptors (Lipinski definition) is 2. The standard InChI is InChI=1S/C13H10BrN3O2/c1-16-7-11(9-3-2-8(14)6-10(9)16)17-5-4-12(18)15-13(17)19/h2-7H,1H3,(H,15,18,19). The first-order valence-corrected chi connectivity index (χ1v) is 6.42. The van der Waals surface area contributed by atoms with Crippen LogP contribution in [0.3, 0.4) is 0 Å². The Balaban J connectivity index is 2.37. The van der Waals surface area contributed by atoms with E-state index in [9.17, 15) is 9.59 Å². The van der Waals surface area contributed by atoms with Crippen LogP contribution < -0.4 is 11.2 Å². The molecule has 19 heavy (non-hydrogen) atoms. The zero-order chi connectivity index (χ0) is 13.6. The van der Waals surface area contributed by atoms with Gasteiger partial charge in [0.05, 0.1) is 11.2 Å². The van der Waals surface area contributed by atoms with Gasteiger partial charge in [-0.25, -0.2) is 4.79 Å². The topological polar surface area (TPSA) is 59.8 Å². The van der Waals surface area contributed by atoms with E-state index in [2.05, 4.69) is 20.9 Å². The summed E-state index contributed by atoms with van der Waals surface area (Å²) in [4.78, 5) is 25.2. The number of aryl methyl sites for hydroxylation is 1. The summed E-state index contributed by atoms with van der Waals surface area (Å²) in [5.41, 5.74) is 0.904. The monoisotopic (exact) mass is 319 g/mol. The Morgan fingerprint density at radius 2 is 2.00 bits per heavy atom. The molecule has 0 unspecified atom stereocenters. The van der Waals surface area contributed by atoms with Gasteiger partial charge in [0.25, 0.3) is 5.56 Å². The first kappa shape index (κ1) is 12.0. The molecular formula is C13H10BrN3O2. The third-order valence-corrected chi connectivity index (χ3v) is 3.51. The second-order valence-corrected chi connectivity index (χ2v) is 5.18. The molecule has 0 amide bonds. The normalized spacial score (nSPS) is 11.1. The summed E-state index contributed by atoms with van der Waals surface area (Å²) >= 11 is 3.43. The van der Waals surface area contributed by atoms with E-state index in [1.807, 2.05) is 36.0 Å². The average Bonchev–Trinajstić information content (AvgIpc) is 2.66. The number of aromatic amines is 1. The van der Waals surface area contributed by atoms with Gasteiger partial charge in [0.1, 0.15) is 0 Å². The molecule has 3 rings (SSSR count). The highest BCUT2D eigenvalue weighted by molar-refractivity contribution is 9.10. The summed E-state index contributed by atoms with van der Waals surface area (Å²) in [5, 5.41) is 0.944. The number of fused-ring (bicyclic) bond motifs is 1. The highest BCUT2D eigenvalue weighted by atomic mass is 79.9. The number of benzene rings is 1. The van der Waals surface area contributed by atoms with E-state index in [1.54, 1.807) is 0 Å². The lowest BCUT2D eigenvalue weighted by Gasteiger charge is -2.02. The number of halogens is 1.